The van der Waals surface area contributed by atoms with Crippen molar-refractivity contribution in [2.24, 2.45) is 0 Å². The topological polar surface area (TPSA) is 48.4 Å². The Labute approximate surface area is 144 Å². The van der Waals surface area contributed by atoms with Crippen molar-refractivity contribution in [1.82, 2.24) is 4.98 Å². The Hall–Kier alpha value is -1.78. The highest BCUT2D eigenvalue weighted by Crippen LogP contribution is 2.43. The van der Waals surface area contributed by atoms with Gasteiger partial charge in [-0.25, -0.2) is 0 Å². The summed E-state index contributed by atoms with van der Waals surface area (Å²) in [5.74, 6) is 1.36. The number of carbonyl (C=O) groups excluding carboxylic acids is 1. The molecule has 0 fully saturated rings. The summed E-state index contributed by atoms with van der Waals surface area (Å²) in [5.41, 5.74) is 2.09. The Kier molecular flexibility index (Phi) is 4.46. The summed E-state index contributed by atoms with van der Waals surface area (Å²) in [6.07, 6.45) is 3.09. The SMILES string of the molecule is COc1ccc(C(=O)Cc2c(Cl)cncc2Cl)c2c1OCC2C. The number of hydrogen-bond donors (Lipinski definition) is 0. The van der Waals surface area contributed by atoms with Gasteiger partial charge in [0.05, 0.1) is 23.8 Å². The molecule has 120 valence electrons. The zero-order valence-corrected chi connectivity index (χ0v) is 14.2. The van der Waals surface area contributed by atoms with Gasteiger partial charge < -0.3 is 9.47 Å². The molecule has 0 N–H and O–H groups in total. The van der Waals surface area contributed by atoms with Gasteiger partial charge in [0.15, 0.2) is 17.3 Å². The molecule has 0 spiro atoms. The molecule has 1 atom stereocenters. The molecule has 1 unspecified atom stereocenters. The van der Waals surface area contributed by atoms with Crippen molar-refractivity contribution in [2.45, 2.75) is 19.3 Å². The first-order chi connectivity index (χ1) is 11.0. The number of aromatic nitrogens is 1. The van der Waals surface area contributed by atoms with Crippen LogP contribution in [0, 0.1) is 0 Å². The van der Waals surface area contributed by atoms with Crippen LogP contribution in [0.4, 0.5) is 0 Å². The maximum Gasteiger partial charge on any atom is 0.167 e. The van der Waals surface area contributed by atoms with Crippen LogP contribution in [0.5, 0.6) is 11.5 Å². The van der Waals surface area contributed by atoms with E-state index in [-0.39, 0.29) is 18.1 Å². The lowest BCUT2D eigenvalue weighted by Gasteiger charge is -2.12. The van der Waals surface area contributed by atoms with E-state index < -0.39 is 0 Å². The molecule has 2 aromatic rings. The molecule has 0 radical (unpaired) electrons. The van der Waals surface area contributed by atoms with E-state index in [9.17, 15) is 4.79 Å². The van der Waals surface area contributed by atoms with Crippen LogP contribution < -0.4 is 9.47 Å². The van der Waals surface area contributed by atoms with Crippen molar-refractivity contribution >= 4 is 29.0 Å². The summed E-state index contributed by atoms with van der Waals surface area (Å²) >= 11 is 12.2. The highest BCUT2D eigenvalue weighted by molar-refractivity contribution is 6.36. The molecule has 1 aliphatic rings. The Bertz CT molecular complexity index is 756. The van der Waals surface area contributed by atoms with Crippen LogP contribution in [0.2, 0.25) is 10.0 Å². The Morgan fingerprint density at radius 1 is 1.35 bits per heavy atom. The second kappa shape index (κ2) is 6.38. The largest absolute Gasteiger partial charge is 0.493 e. The number of nitrogens with zero attached hydrogens (tertiary/aromatic N) is 1. The van der Waals surface area contributed by atoms with E-state index in [1.54, 1.807) is 19.2 Å². The first-order valence-electron chi connectivity index (χ1n) is 7.17. The zero-order valence-electron chi connectivity index (χ0n) is 12.7. The van der Waals surface area contributed by atoms with Crippen molar-refractivity contribution in [1.29, 1.82) is 0 Å². The first-order valence-corrected chi connectivity index (χ1v) is 7.93. The van der Waals surface area contributed by atoms with Crippen LogP contribution in [0.15, 0.2) is 24.5 Å². The lowest BCUT2D eigenvalue weighted by atomic mass is 9.92. The van der Waals surface area contributed by atoms with E-state index in [1.165, 1.54) is 12.4 Å². The fourth-order valence-corrected chi connectivity index (χ4v) is 3.27. The van der Waals surface area contributed by atoms with Crippen LogP contribution in [0.25, 0.3) is 0 Å². The van der Waals surface area contributed by atoms with Crippen LogP contribution in [-0.2, 0) is 6.42 Å². The van der Waals surface area contributed by atoms with E-state index in [4.69, 9.17) is 32.7 Å². The molecule has 0 bridgehead atoms. The average molecular weight is 352 g/mol. The molecule has 1 aromatic heterocycles. The van der Waals surface area contributed by atoms with Gasteiger partial charge in [-0.1, -0.05) is 30.1 Å². The van der Waals surface area contributed by atoms with Crippen molar-refractivity contribution in [3.63, 3.8) is 0 Å². The fourth-order valence-electron chi connectivity index (χ4n) is 2.78. The number of ketones is 1. The van der Waals surface area contributed by atoms with Crippen LogP contribution >= 0.6 is 23.2 Å². The van der Waals surface area contributed by atoms with Gasteiger partial charge in [0.25, 0.3) is 0 Å². The molecular weight excluding hydrogens is 337 g/mol. The van der Waals surface area contributed by atoms with Crippen molar-refractivity contribution < 1.29 is 14.3 Å². The minimum Gasteiger partial charge on any atom is -0.493 e. The maximum atomic E-state index is 12.8. The van der Waals surface area contributed by atoms with Crippen LogP contribution in [-0.4, -0.2) is 24.5 Å². The van der Waals surface area contributed by atoms with Gasteiger partial charge in [-0.05, 0) is 12.1 Å². The van der Waals surface area contributed by atoms with E-state index in [0.29, 0.717) is 39.3 Å². The summed E-state index contributed by atoms with van der Waals surface area (Å²) < 4.78 is 11.0. The minimum absolute atomic E-state index is 0.0590. The Morgan fingerprint density at radius 2 is 2.04 bits per heavy atom. The van der Waals surface area contributed by atoms with Crippen molar-refractivity contribution in [3.05, 3.63) is 51.3 Å². The van der Waals surface area contributed by atoms with Gasteiger partial charge in [0.2, 0.25) is 0 Å². The lowest BCUT2D eigenvalue weighted by Crippen LogP contribution is -2.09. The summed E-state index contributed by atoms with van der Waals surface area (Å²) in [4.78, 5) is 16.7. The molecule has 2 heterocycles. The standard InChI is InChI=1S/C17H15Cl2NO3/c1-9-8-23-17-15(22-2)4-3-10(16(9)17)14(21)5-11-12(18)6-20-7-13(11)19/h3-4,6-7,9H,5,8H2,1-2H3. The smallest absolute Gasteiger partial charge is 0.167 e. The van der Waals surface area contributed by atoms with Gasteiger partial charge in [0.1, 0.15) is 0 Å². The highest BCUT2D eigenvalue weighted by atomic mass is 35.5. The van der Waals surface area contributed by atoms with Gasteiger partial charge in [-0.2, -0.15) is 0 Å². The quantitative estimate of drug-likeness (QED) is 0.769. The summed E-state index contributed by atoms with van der Waals surface area (Å²) in [5, 5.41) is 0.778. The Morgan fingerprint density at radius 3 is 2.70 bits per heavy atom. The van der Waals surface area contributed by atoms with E-state index in [1.807, 2.05) is 6.92 Å². The van der Waals surface area contributed by atoms with Crippen molar-refractivity contribution in [2.75, 3.05) is 13.7 Å². The molecule has 0 saturated heterocycles. The maximum absolute atomic E-state index is 12.8. The molecule has 0 aliphatic carbocycles. The van der Waals surface area contributed by atoms with Crippen LogP contribution in [0.3, 0.4) is 0 Å². The van der Waals surface area contributed by atoms with Gasteiger partial charge >= 0.3 is 0 Å². The molecule has 3 rings (SSSR count). The molecule has 1 aromatic carbocycles. The number of Topliss-reactive ketones (excluding diaryl/α,β-unsaturated/α-hetero) is 1. The normalized spacial score (nSPS) is 15.9. The third kappa shape index (κ3) is 2.89. The van der Waals surface area contributed by atoms with Gasteiger partial charge in [-0.3, -0.25) is 9.78 Å². The third-order valence-corrected chi connectivity index (χ3v) is 4.59. The number of methoxy groups -OCH3 is 1. The average Bonchev–Trinajstić information content (AvgIpc) is 2.92. The predicted molar refractivity (Wildman–Crippen MR) is 89.2 cm³/mol. The first kappa shape index (κ1) is 16.1. The summed E-state index contributed by atoms with van der Waals surface area (Å²) in [6.45, 7) is 2.56. The van der Waals surface area contributed by atoms with E-state index in [2.05, 4.69) is 4.98 Å². The monoisotopic (exact) mass is 351 g/mol. The molecule has 1 aliphatic heterocycles. The van der Waals surface area contributed by atoms with E-state index >= 15 is 0 Å². The zero-order chi connectivity index (χ0) is 16.6. The fraction of sp³-hybridized carbons (Fsp3) is 0.294. The summed E-state index contributed by atoms with van der Waals surface area (Å²) in [6, 6.07) is 3.52. The van der Waals surface area contributed by atoms with Crippen LogP contribution in [0.1, 0.15) is 34.3 Å². The molecule has 4 nitrogen and oxygen atoms in total. The second-order valence-electron chi connectivity index (χ2n) is 5.45. The molecular formula is C17H15Cl2NO3. The number of hydrogen-bond acceptors (Lipinski definition) is 4. The predicted octanol–water partition coefficient (Wildman–Crippen LogP) is 4.32. The number of pyridine rings is 1. The minimum atomic E-state index is -0.0590. The Balaban J connectivity index is 2.00. The molecule has 23 heavy (non-hydrogen) atoms. The third-order valence-electron chi connectivity index (χ3n) is 3.94. The van der Waals surface area contributed by atoms with Crippen molar-refractivity contribution in [3.8, 4) is 11.5 Å². The van der Waals surface area contributed by atoms with Gasteiger partial charge in [0, 0.05) is 41.4 Å². The summed E-state index contributed by atoms with van der Waals surface area (Å²) in [7, 11) is 1.58. The number of rotatable bonds is 4. The van der Waals surface area contributed by atoms with E-state index in [0.717, 1.165) is 5.56 Å². The number of carbonyl (C=O) groups is 1. The molecule has 6 heteroatoms. The lowest BCUT2D eigenvalue weighted by molar-refractivity contribution is 0.0992. The molecule has 0 amide bonds. The number of halogens is 2. The number of benzene rings is 1. The number of fused-ring (bicyclic) bond motifs is 1. The second-order valence-corrected chi connectivity index (χ2v) is 6.27. The number of ether oxygens (including phenoxy) is 2. The molecule has 0 saturated carbocycles. The van der Waals surface area contributed by atoms with Gasteiger partial charge in [-0.15, -0.1) is 0 Å². The highest BCUT2D eigenvalue weighted by Gasteiger charge is 2.29.